The summed E-state index contributed by atoms with van der Waals surface area (Å²) in [6, 6.07) is -0.825. The summed E-state index contributed by atoms with van der Waals surface area (Å²) in [4.78, 5) is 12.4. The number of amides is 1. The second kappa shape index (κ2) is 35.4. The fourth-order valence-electron chi connectivity index (χ4n) is 5.68. The summed E-state index contributed by atoms with van der Waals surface area (Å²) in [7, 11) is 0. The molecule has 0 aliphatic rings. The van der Waals surface area contributed by atoms with Crippen LogP contribution in [0.2, 0.25) is 0 Å². The van der Waals surface area contributed by atoms with Crippen molar-refractivity contribution in [3.05, 3.63) is 36.5 Å². The van der Waals surface area contributed by atoms with E-state index in [0.29, 0.717) is 12.8 Å². The number of carbonyl (C=O) groups excluding carboxylic acids is 1. The molecular formula is C40H75NO4. The first-order valence-corrected chi connectivity index (χ1v) is 19.3. The highest BCUT2D eigenvalue weighted by Gasteiger charge is 2.26. The third-order valence-electron chi connectivity index (χ3n) is 8.74. The number of aliphatic hydroxyl groups excluding tert-OH is 3. The molecular weight excluding hydrogens is 558 g/mol. The summed E-state index contributed by atoms with van der Waals surface area (Å²) in [5.41, 5.74) is 0. The summed E-state index contributed by atoms with van der Waals surface area (Å²) >= 11 is 0. The van der Waals surface area contributed by atoms with E-state index in [0.717, 1.165) is 38.5 Å². The molecule has 0 spiro atoms. The average molecular weight is 634 g/mol. The Bertz CT molecular complexity index is 704. The first-order chi connectivity index (χ1) is 22.1. The number of hydrogen-bond acceptors (Lipinski definition) is 4. The predicted molar refractivity (Wildman–Crippen MR) is 194 cm³/mol. The molecule has 0 saturated heterocycles. The molecule has 0 aromatic carbocycles. The van der Waals surface area contributed by atoms with Crippen molar-refractivity contribution in [3.8, 4) is 0 Å². The van der Waals surface area contributed by atoms with E-state index in [1.54, 1.807) is 0 Å². The Morgan fingerprint density at radius 3 is 1.47 bits per heavy atom. The van der Waals surface area contributed by atoms with Gasteiger partial charge in [0.25, 0.3) is 0 Å². The van der Waals surface area contributed by atoms with E-state index < -0.39 is 18.2 Å². The molecule has 1 amide bonds. The van der Waals surface area contributed by atoms with Crippen molar-refractivity contribution in [1.29, 1.82) is 0 Å². The van der Waals surface area contributed by atoms with Crippen LogP contribution in [0.4, 0.5) is 0 Å². The average Bonchev–Trinajstić information content (AvgIpc) is 3.04. The molecule has 0 aromatic rings. The minimum absolute atomic E-state index is 0.161. The zero-order valence-corrected chi connectivity index (χ0v) is 29.7. The smallest absolute Gasteiger partial charge is 0.220 e. The first-order valence-electron chi connectivity index (χ1n) is 19.3. The molecule has 0 aliphatic carbocycles. The Balaban J connectivity index is 3.71. The van der Waals surface area contributed by atoms with Crippen LogP contribution in [0.25, 0.3) is 0 Å². The highest BCUT2D eigenvalue weighted by molar-refractivity contribution is 5.76. The summed E-state index contributed by atoms with van der Waals surface area (Å²) in [5, 5.41) is 33.3. The highest BCUT2D eigenvalue weighted by atomic mass is 16.3. The molecule has 5 heteroatoms. The van der Waals surface area contributed by atoms with Crippen molar-refractivity contribution >= 4 is 5.91 Å². The van der Waals surface area contributed by atoms with E-state index in [2.05, 4.69) is 55.6 Å². The van der Waals surface area contributed by atoms with Crippen LogP contribution in [0.1, 0.15) is 187 Å². The van der Waals surface area contributed by atoms with Crippen molar-refractivity contribution in [2.75, 3.05) is 6.61 Å². The van der Waals surface area contributed by atoms with Crippen LogP contribution in [0, 0.1) is 0 Å². The zero-order chi connectivity index (χ0) is 33.1. The molecule has 3 unspecified atom stereocenters. The Morgan fingerprint density at radius 2 is 0.956 bits per heavy atom. The maximum atomic E-state index is 12.4. The normalized spacial score (nSPS) is 14.2. The maximum Gasteiger partial charge on any atom is 0.220 e. The Hall–Kier alpha value is -1.43. The van der Waals surface area contributed by atoms with Gasteiger partial charge in [0, 0.05) is 6.42 Å². The standard InChI is InChI=1S/C40H75NO4/c1-3-5-7-9-11-13-15-17-18-19-20-21-22-23-25-27-29-31-33-35-39(44)41-37(36-42)40(45)38(43)34-32-30-28-26-24-16-14-12-10-8-6-4-2/h11,13,15,17,26,28,37-38,40,42-43,45H,3-10,12,14,16,18-25,27,29-36H2,1-2H3,(H,41,44)/b13-11-,17-15-,28-26+. The van der Waals surface area contributed by atoms with Crippen LogP contribution < -0.4 is 5.32 Å². The van der Waals surface area contributed by atoms with Gasteiger partial charge in [-0.15, -0.1) is 0 Å². The van der Waals surface area contributed by atoms with Crippen LogP contribution in [0.5, 0.6) is 0 Å². The van der Waals surface area contributed by atoms with Gasteiger partial charge in [0.2, 0.25) is 5.91 Å². The van der Waals surface area contributed by atoms with E-state index in [4.69, 9.17) is 0 Å². The van der Waals surface area contributed by atoms with E-state index in [1.807, 2.05) is 0 Å². The van der Waals surface area contributed by atoms with Gasteiger partial charge in [0.1, 0.15) is 6.10 Å². The van der Waals surface area contributed by atoms with Gasteiger partial charge in [-0.25, -0.2) is 0 Å². The molecule has 0 rings (SSSR count). The second-order valence-corrected chi connectivity index (χ2v) is 13.2. The molecule has 0 fully saturated rings. The lowest BCUT2D eigenvalue weighted by molar-refractivity contribution is -0.124. The van der Waals surface area contributed by atoms with Crippen LogP contribution in [0.3, 0.4) is 0 Å². The number of carbonyl (C=O) groups is 1. The number of nitrogens with one attached hydrogen (secondary N) is 1. The van der Waals surface area contributed by atoms with Gasteiger partial charge in [0.05, 0.1) is 18.8 Å². The third kappa shape index (κ3) is 31.0. The lowest BCUT2D eigenvalue weighted by atomic mass is 10.0. The van der Waals surface area contributed by atoms with Gasteiger partial charge in [-0.1, -0.05) is 153 Å². The first kappa shape index (κ1) is 43.6. The van der Waals surface area contributed by atoms with E-state index in [9.17, 15) is 20.1 Å². The van der Waals surface area contributed by atoms with Gasteiger partial charge in [-0.05, 0) is 64.2 Å². The van der Waals surface area contributed by atoms with Gasteiger partial charge >= 0.3 is 0 Å². The summed E-state index contributed by atoms with van der Waals surface area (Å²) in [6.07, 6.45) is 42.4. The fraction of sp³-hybridized carbons (Fsp3) is 0.825. The third-order valence-corrected chi connectivity index (χ3v) is 8.74. The molecule has 5 nitrogen and oxygen atoms in total. The monoisotopic (exact) mass is 634 g/mol. The Kier molecular flexibility index (Phi) is 34.3. The maximum absolute atomic E-state index is 12.4. The molecule has 264 valence electrons. The molecule has 0 radical (unpaired) electrons. The van der Waals surface area contributed by atoms with E-state index in [-0.39, 0.29) is 12.5 Å². The summed E-state index contributed by atoms with van der Waals surface area (Å²) < 4.78 is 0. The van der Waals surface area contributed by atoms with Gasteiger partial charge in [0.15, 0.2) is 0 Å². The molecule has 4 N–H and O–H groups in total. The van der Waals surface area contributed by atoms with Crippen molar-refractivity contribution in [2.24, 2.45) is 0 Å². The number of allylic oxidation sites excluding steroid dienone is 6. The van der Waals surface area contributed by atoms with Gasteiger partial charge in [-0.2, -0.15) is 0 Å². The fourth-order valence-corrected chi connectivity index (χ4v) is 5.68. The topological polar surface area (TPSA) is 89.8 Å². The van der Waals surface area contributed by atoms with Gasteiger partial charge < -0.3 is 20.6 Å². The number of aliphatic hydroxyl groups is 3. The largest absolute Gasteiger partial charge is 0.394 e. The van der Waals surface area contributed by atoms with E-state index >= 15 is 0 Å². The van der Waals surface area contributed by atoms with Gasteiger partial charge in [-0.3, -0.25) is 4.79 Å². The molecule has 0 bridgehead atoms. The van der Waals surface area contributed by atoms with E-state index in [1.165, 1.54) is 122 Å². The van der Waals surface area contributed by atoms with Crippen LogP contribution >= 0.6 is 0 Å². The van der Waals surface area contributed by atoms with Crippen molar-refractivity contribution in [1.82, 2.24) is 5.32 Å². The summed E-state index contributed by atoms with van der Waals surface area (Å²) in [5.74, 6) is -0.161. The SMILES string of the molecule is CCCCC/C=C\C=C/CCCCCCCCCCCCC(=O)NC(CO)C(O)C(O)CCC/C=C/CCCCCCCCC. The van der Waals surface area contributed by atoms with Crippen LogP contribution in [0.15, 0.2) is 36.5 Å². The number of rotatable bonds is 34. The molecule has 3 atom stereocenters. The molecule has 0 heterocycles. The predicted octanol–water partition coefficient (Wildman–Crippen LogP) is 10.4. The Labute approximate surface area is 279 Å². The number of hydrogen-bond donors (Lipinski definition) is 4. The van der Waals surface area contributed by atoms with Crippen LogP contribution in [-0.4, -0.2) is 46.1 Å². The minimum atomic E-state index is -1.16. The molecule has 0 aromatic heterocycles. The molecule has 0 aliphatic heterocycles. The lowest BCUT2D eigenvalue weighted by Crippen LogP contribution is -2.50. The quantitative estimate of drug-likeness (QED) is 0.0322. The second-order valence-electron chi connectivity index (χ2n) is 13.2. The molecule has 0 saturated carbocycles. The summed E-state index contributed by atoms with van der Waals surface area (Å²) in [6.45, 7) is 4.11. The van der Waals surface area contributed by atoms with Crippen molar-refractivity contribution < 1.29 is 20.1 Å². The Morgan fingerprint density at radius 1 is 0.556 bits per heavy atom. The lowest BCUT2D eigenvalue weighted by Gasteiger charge is -2.26. The minimum Gasteiger partial charge on any atom is -0.394 e. The molecule has 45 heavy (non-hydrogen) atoms. The zero-order valence-electron chi connectivity index (χ0n) is 29.7. The number of unbranched alkanes of at least 4 members (excludes halogenated alkanes) is 21. The van der Waals surface area contributed by atoms with Crippen LogP contribution in [-0.2, 0) is 4.79 Å². The van der Waals surface area contributed by atoms with Crippen molar-refractivity contribution in [3.63, 3.8) is 0 Å². The van der Waals surface area contributed by atoms with Crippen molar-refractivity contribution in [2.45, 2.75) is 205 Å². The highest BCUT2D eigenvalue weighted by Crippen LogP contribution is 2.14.